The lowest BCUT2D eigenvalue weighted by atomic mass is 9.93. The molecule has 204 valence electrons. The molecule has 4 rings (SSSR count). The number of aryl methyl sites for hydroxylation is 1. The average molecular weight is 525 g/mol. The van der Waals surface area contributed by atoms with Gasteiger partial charge in [-0.1, -0.05) is 6.07 Å². The van der Waals surface area contributed by atoms with Crippen LogP contribution in [0.25, 0.3) is 5.76 Å². The summed E-state index contributed by atoms with van der Waals surface area (Å²) in [6.07, 6.45) is 0.680. The number of aliphatic hydroxyl groups excluding tert-OH is 1. The normalized spacial score (nSPS) is 19.6. The molecule has 1 amide bonds. The highest BCUT2D eigenvalue weighted by Gasteiger charge is 2.46. The number of carbonyl (C=O) groups excluding carboxylic acids is 2. The van der Waals surface area contributed by atoms with Gasteiger partial charge in [-0.3, -0.25) is 14.5 Å². The van der Waals surface area contributed by atoms with Gasteiger partial charge >= 0.3 is 0 Å². The van der Waals surface area contributed by atoms with Gasteiger partial charge in [0.15, 0.2) is 11.5 Å². The number of rotatable bonds is 10. The van der Waals surface area contributed by atoms with Crippen molar-refractivity contribution in [1.82, 2.24) is 9.80 Å². The fourth-order valence-corrected chi connectivity index (χ4v) is 5.05. The number of ketones is 1. The van der Waals surface area contributed by atoms with Gasteiger partial charge in [-0.2, -0.15) is 0 Å². The lowest BCUT2D eigenvalue weighted by Gasteiger charge is -2.29. The van der Waals surface area contributed by atoms with Crippen LogP contribution in [0.5, 0.6) is 17.2 Å². The Hall–Kier alpha value is -3.56. The van der Waals surface area contributed by atoms with E-state index in [1.54, 1.807) is 49.5 Å². The minimum absolute atomic E-state index is 0.0563. The van der Waals surface area contributed by atoms with Crippen LogP contribution in [0.1, 0.15) is 36.1 Å². The van der Waals surface area contributed by atoms with Crippen LogP contribution in [0.3, 0.4) is 0 Å². The number of amides is 1. The Morgan fingerprint density at radius 1 is 1.03 bits per heavy atom. The first-order chi connectivity index (χ1) is 18.4. The summed E-state index contributed by atoms with van der Waals surface area (Å²) in [4.78, 5) is 30.6. The standard InChI is InChI=1S/C29H36N2O7/c1-5-38-23-10-7-20(18-24(23)36-4)26-25(27(32)22-9-8-21(35-3)17-19(22)2)28(33)29(34)31(26)12-6-11-30-13-15-37-16-14-30/h7-10,17-18,26,32H,5-6,11-16H2,1-4H3/b27-25+/t26-/m1/s1. The molecule has 0 bridgehead atoms. The van der Waals surface area contributed by atoms with E-state index >= 15 is 0 Å². The first-order valence-corrected chi connectivity index (χ1v) is 12.9. The van der Waals surface area contributed by atoms with Crippen molar-refractivity contribution in [3.8, 4) is 17.2 Å². The first-order valence-electron chi connectivity index (χ1n) is 12.9. The van der Waals surface area contributed by atoms with Crippen LogP contribution in [0, 0.1) is 6.92 Å². The molecule has 0 spiro atoms. The SMILES string of the molecule is CCOc1ccc([C@@H]2/C(=C(\O)c3ccc(OC)cc3C)C(=O)C(=O)N2CCCN2CCOCC2)cc1OC. The Morgan fingerprint density at radius 3 is 2.45 bits per heavy atom. The van der Waals surface area contributed by atoms with Gasteiger partial charge in [-0.15, -0.1) is 0 Å². The number of carbonyl (C=O) groups is 2. The minimum Gasteiger partial charge on any atom is -0.507 e. The summed E-state index contributed by atoms with van der Waals surface area (Å²) >= 11 is 0. The molecule has 2 aliphatic rings. The van der Waals surface area contributed by atoms with Crippen molar-refractivity contribution in [3.63, 3.8) is 0 Å². The third-order valence-electron chi connectivity index (χ3n) is 7.01. The number of nitrogens with zero attached hydrogens (tertiary/aromatic N) is 2. The van der Waals surface area contributed by atoms with Gasteiger partial charge in [0, 0.05) is 31.7 Å². The maximum atomic E-state index is 13.4. The Kier molecular flexibility index (Phi) is 8.91. The van der Waals surface area contributed by atoms with Gasteiger partial charge in [0.2, 0.25) is 0 Å². The van der Waals surface area contributed by atoms with Crippen LogP contribution >= 0.6 is 0 Å². The number of morpholine rings is 1. The van der Waals surface area contributed by atoms with Crippen molar-refractivity contribution in [3.05, 3.63) is 58.7 Å². The van der Waals surface area contributed by atoms with Gasteiger partial charge in [0.05, 0.1) is 45.7 Å². The van der Waals surface area contributed by atoms with Gasteiger partial charge < -0.3 is 29.0 Å². The van der Waals surface area contributed by atoms with Gasteiger partial charge in [0.1, 0.15) is 11.5 Å². The molecule has 1 atom stereocenters. The number of aliphatic hydroxyl groups is 1. The van der Waals surface area contributed by atoms with Crippen LogP contribution in [0.4, 0.5) is 0 Å². The number of hydrogen-bond donors (Lipinski definition) is 1. The number of ether oxygens (including phenoxy) is 4. The van der Waals surface area contributed by atoms with Gasteiger partial charge in [-0.25, -0.2) is 0 Å². The number of benzene rings is 2. The molecule has 0 unspecified atom stereocenters. The van der Waals surface area contributed by atoms with Crippen molar-refractivity contribution in [2.45, 2.75) is 26.3 Å². The highest BCUT2D eigenvalue weighted by Crippen LogP contribution is 2.42. The predicted octanol–water partition coefficient (Wildman–Crippen LogP) is 3.55. The molecule has 1 N–H and O–H groups in total. The molecule has 9 nitrogen and oxygen atoms in total. The Morgan fingerprint density at radius 2 is 1.79 bits per heavy atom. The number of likely N-dealkylation sites (tertiary alicyclic amines) is 1. The van der Waals surface area contributed by atoms with Gasteiger partial charge in [-0.05, 0) is 61.7 Å². The van der Waals surface area contributed by atoms with Crippen molar-refractivity contribution >= 4 is 17.4 Å². The maximum absolute atomic E-state index is 13.4. The van der Waals surface area contributed by atoms with E-state index in [2.05, 4.69) is 4.90 Å². The molecule has 2 heterocycles. The summed E-state index contributed by atoms with van der Waals surface area (Å²) in [7, 11) is 3.11. The molecule has 2 aromatic rings. The number of Topliss-reactive ketones (excluding diaryl/α,β-unsaturated/α-hetero) is 1. The highest BCUT2D eigenvalue weighted by atomic mass is 16.5. The molecule has 0 aromatic heterocycles. The maximum Gasteiger partial charge on any atom is 0.295 e. The van der Waals surface area contributed by atoms with Crippen molar-refractivity contribution < 1.29 is 33.6 Å². The van der Waals surface area contributed by atoms with E-state index in [0.717, 1.165) is 25.2 Å². The van der Waals surface area contributed by atoms with E-state index in [4.69, 9.17) is 18.9 Å². The molecular formula is C29H36N2O7. The Bertz CT molecular complexity index is 1200. The second-order valence-corrected chi connectivity index (χ2v) is 9.32. The van der Waals surface area contributed by atoms with E-state index in [1.807, 2.05) is 19.9 Å². The molecule has 0 saturated carbocycles. The van der Waals surface area contributed by atoms with E-state index in [-0.39, 0.29) is 11.3 Å². The summed E-state index contributed by atoms with van der Waals surface area (Å²) in [6.45, 7) is 8.38. The summed E-state index contributed by atoms with van der Waals surface area (Å²) in [5, 5.41) is 11.5. The zero-order valence-electron chi connectivity index (χ0n) is 22.5. The zero-order chi connectivity index (χ0) is 27.2. The monoisotopic (exact) mass is 524 g/mol. The predicted molar refractivity (Wildman–Crippen MR) is 143 cm³/mol. The first kappa shape index (κ1) is 27.5. The highest BCUT2D eigenvalue weighted by molar-refractivity contribution is 6.46. The van der Waals surface area contributed by atoms with Crippen LogP contribution < -0.4 is 14.2 Å². The Balaban J connectivity index is 1.75. The smallest absolute Gasteiger partial charge is 0.295 e. The summed E-state index contributed by atoms with van der Waals surface area (Å²) in [5.74, 6) is 0.143. The van der Waals surface area contributed by atoms with Crippen LogP contribution in [-0.2, 0) is 14.3 Å². The third kappa shape index (κ3) is 5.63. The minimum atomic E-state index is -0.772. The number of hydrogen-bond acceptors (Lipinski definition) is 8. The average Bonchev–Trinajstić information content (AvgIpc) is 3.18. The van der Waals surface area contributed by atoms with Crippen molar-refractivity contribution in [2.24, 2.45) is 0 Å². The quantitative estimate of drug-likeness (QED) is 0.286. The molecule has 2 saturated heterocycles. The number of methoxy groups -OCH3 is 2. The second-order valence-electron chi connectivity index (χ2n) is 9.32. The molecule has 2 aliphatic heterocycles. The van der Waals surface area contributed by atoms with Gasteiger partial charge in [0.25, 0.3) is 11.7 Å². The lowest BCUT2D eigenvalue weighted by Crippen LogP contribution is -2.39. The molecule has 0 aliphatic carbocycles. The summed E-state index contributed by atoms with van der Waals surface area (Å²) < 4.78 is 21.9. The third-order valence-corrected chi connectivity index (χ3v) is 7.01. The van der Waals surface area contributed by atoms with E-state index < -0.39 is 17.7 Å². The summed E-state index contributed by atoms with van der Waals surface area (Å²) in [6, 6.07) is 9.77. The van der Waals surface area contributed by atoms with E-state index in [0.29, 0.717) is 61.2 Å². The van der Waals surface area contributed by atoms with Crippen LogP contribution in [0.15, 0.2) is 42.0 Å². The molecule has 38 heavy (non-hydrogen) atoms. The zero-order valence-corrected chi connectivity index (χ0v) is 22.5. The fraction of sp³-hybridized carbons (Fsp3) is 0.448. The molecule has 9 heteroatoms. The molecule has 0 radical (unpaired) electrons. The molecular weight excluding hydrogens is 488 g/mol. The van der Waals surface area contributed by atoms with Crippen molar-refractivity contribution in [2.75, 3.05) is 60.2 Å². The van der Waals surface area contributed by atoms with Crippen LogP contribution in [0.2, 0.25) is 0 Å². The van der Waals surface area contributed by atoms with Crippen molar-refractivity contribution in [1.29, 1.82) is 0 Å². The fourth-order valence-electron chi connectivity index (χ4n) is 5.05. The van der Waals surface area contributed by atoms with Crippen LogP contribution in [-0.4, -0.2) is 86.8 Å². The molecule has 2 fully saturated rings. The lowest BCUT2D eigenvalue weighted by molar-refractivity contribution is -0.140. The second kappa shape index (κ2) is 12.3. The Labute approximate surface area is 223 Å². The topological polar surface area (TPSA) is 97.8 Å². The molecule has 2 aromatic carbocycles. The summed E-state index contributed by atoms with van der Waals surface area (Å²) in [5.41, 5.74) is 1.91. The van der Waals surface area contributed by atoms with E-state index in [9.17, 15) is 14.7 Å². The largest absolute Gasteiger partial charge is 0.507 e. The van der Waals surface area contributed by atoms with E-state index in [1.165, 1.54) is 0 Å².